The standard InChI is InChI=1S/C12H20N4S.ClH/c13-12-14-7-11(17-12)9-16-5-3-15(4-6-16)8-10-1-2-10;/h7,10H,1-6,8-9H2,(H2,13,14);1H. The Balaban J connectivity index is 0.00000120. The van der Waals surface area contributed by atoms with Crippen molar-refractivity contribution in [2.75, 3.05) is 38.5 Å². The van der Waals surface area contributed by atoms with Crippen LogP contribution in [0, 0.1) is 5.92 Å². The summed E-state index contributed by atoms with van der Waals surface area (Å²) in [7, 11) is 0. The van der Waals surface area contributed by atoms with Crippen LogP contribution in [0.15, 0.2) is 6.20 Å². The molecule has 18 heavy (non-hydrogen) atoms. The summed E-state index contributed by atoms with van der Waals surface area (Å²) in [5.41, 5.74) is 5.65. The zero-order chi connectivity index (χ0) is 11.7. The maximum absolute atomic E-state index is 5.65. The highest BCUT2D eigenvalue weighted by Gasteiger charge is 2.26. The monoisotopic (exact) mass is 288 g/mol. The van der Waals surface area contributed by atoms with Crippen molar-refractivity contribution in [3.05, 3.63) is 11.1 Å². The molecule has 2 heterocycles. The van der Waals surface area contributed by atoms with Gasteiger partial charge in [0.25, 0.3) is 0 Å². The van der Waals surface area contributed by atoms with Gasteiger partial charge in [-0.1, -0.05) is 0 Å². The van der Waals surface area contributed by atoms with E-state index >= 15 is 0 Å². The minimum atomic E-state index is 0. The molecule has 4 nitrogen and oxygen atoms in total. The van der Waals surface area contributed by atoms with Crippen LogP contribution in [0.5, 0.6) is 0 Å². The molecule has 0 bridgehead atoms. The highest BCUT2D eigenvalue weighted by molar-refractivity contribution is 7.15. The van der Waals surface area contributed by atoms with Gasteiger partial charge in [0.2, 0.25) is 0 Å². The first kappa shape index (κ1) is 14.1. The first-order valence-corrected chi connectivity index (χ1v) is 7.26. The summed E-state index contributed by atoms with van der Waals surface area (Å²) in [6.45, 7) is 7.18. The number of nitrogens with zero attached hydrogens (tertiary/aromatic N) is 3. The largest absolute Gasteiger partial charge is 0.375 e. The Hall–Kier alpha value is -0.360. The average Bonchev–Trinajstić information content (AvgIpc) is 3.04. The third-order valence-electron chi connectivity index (χ3n) is 3.63. The molecule has 6 heteroatoms. The zero-order valence-corrected chi connectivity index (χ0v) is 12.2. The van der Waals surface area contributed by atoms with E-state index in [0.29, 0.717) is 5.13 Å². The Bertz CT molecular complexity index is 372. The Morgan fingerprint density at radius 2 is 1.89 bits per heavy atom. The van der Waals surface area contributed by atoms with E-state index in [1.165, 1.54) is 50.4 Å². The summed E-state index contributed by atoms with van der Waals surface area (Å²) < 4.78 is 0. The SMILES string of the molecule is Cl.Nc1ncc(CN2CCN(CC3CC3)CC2)s1. The van der Waals surface area contributed by atoms with Crippen molar-refractivity contribution >= 4 is 28.9 Å². The lowest BCUT2D eigenvalue weighted by Crippen LogP contribution is -2.46. The normalized spacial score (nSPS) is 21.8. The van der Waals surface area contributed by atoms with E-state index in [0.717, 1.165) is 12.5 Å². The van der Waals surface area contributed by atoms with E-state index in [1.54, 1.807) is 11.3 Å². The summed E-state index contributed by atoms with van der Waals surface area (Å²) in [4.78, 5) is 10.5. The third-order valence-corrected chi connectivity index (χ3v) is 4.44. The maximum Gasteiger partial charge on any atom is 0.180 e. The molecule has 0 spiro atoms. The molecule has 0 atom stereocenters. The fraction of sp³-hybridized carbons (Fsp3) is 0.750. The average molecular weight is 289 g/mol. The van der Waals surface area contributed by atoms with Crippen LogP contribution in [-0.4, -0.2) is 47.5 Å². The number of anilines is 1. The topological polar surface area (TPSA) is 45.4 Å². The van der Waals surface area contributed by atoms with Gasteiger partial charge in [-0.25, -0.2) is 4.98 Å². The van der Waals surface area contributed by atoms with Crippen molar-refractivity contribution in [2.45, 2.75) is 19.4 Å². The van der Waals surface area contributed by atoms with Crippen LogP contribution in [0.3, 0.4) is 0 Å². The second-order valence-electron chi connectivity index (χ2n) is 5.18. The van der Waals surface area contributed by atoms with Gasteiger partial charge in [-0.05, 0) is 18.8 Å². The Labute approximate surface area is 119 Å². The van der Waals surface area contributed by atoms with E-state index in [1.807, 2.05) is 6.20 Å². The van der Waals surface area contributed by atoms with Crippen molar-refractivity contribution in [1.29, 1.82) is 0 Å². The summed E-state index contributed by atoms with van der Waals surface area (Å²) in [5.74, 6) is 1.02. The number of rotatable bonds is 4. The molecule has 102 valence electrons. The molecule has 0 radical (unpaired) electrons. The van der Waals surface area contributed by atoms with Crippen LogP contribution in [0.4, 0.5) is 5.13 Å². The van der Waals surface area contributed by atoms with Crippen LogP contribution in [0.2, 0.25) is 0 Å². The number of piperazine rings is 1. The van der Waals surface area contributed by atoms with E-state index in [-0.39, 0.29) is 12.4 Å². The van der Waals surface area contributed by atoms with Gasteiger partial charge in [-0.15, -0.1) is 23.7 Å². The molecule has 2 aliphatic rings. The fourth-order valence-electron chi connectivity index (χ4n) is 2.41. The molecule has 1 aliphatic carbocycles. The summed E-state index contributed by atoms with van der Waals surface area (Å²) in [6.07, 6.45) is 4.83. The van der Waals surface area contributed by atoms with Gasteiger partial charge >= 0.3 is 0 Å². The minimum absolute atomic E-state index is 0. The van der Waals surface area contributed by atoms with Crippen molar-refractivity contribution in [1.82, 2.24) is 14.8 Å². The highest BCUT2D eigenvalue weighted by atomic mass is 35.5. The van der Waals surface area contributed by atoms with Crippen molar-refractivity contribution in [2.24, 2.45) is 5.92 Å². The molecule has 1 saturated heterocycles. The van der Waals surface area contributed by atoms with Gasteiger partial charge in [0.1, 0.15) is 0 Å². The number of halogens is 1. The van der Waals surface area contributed by atoms with Gasteiger partial charge < -0.3 is 10.6 Å². The van der Waals surface area contributed by atoms with Crippen LogP contribution in [-0.2, 0) is 6.54 Å². The summed E-state index contributed by atoms with van der Waals surface area (Å²) in [6, 6.07) is 0. The Morgan fingerprint density at radius 1 is 1.22 bits per heavy atom. The van der Waals surface area contributed by atoms with E-state index in [2.05, 4.69) is 14.8 Å². The number of thiazole rings is 1. The minimum Gasteiger partial charge on any atom is -0.375 e. The number of nitrogen functional groups attached to an aromatic ring is 1. The molecule has 1 saturated carbocycles. The molecule has 2 N–H and O–H groups in total. The highest BCUT2D eigenvalue weighted by Crippen LogP contribution is 2.30. The number of hydrogen-bond acceptors (Lipinski definition) is 5. The molecule has 2 fully saturated rings. The molecule has 1 aromatic rings. The third kappa shape index (κ3) is 3.82. The number of nitrogens with two attached hydrogens (primary N) is 1. The molecular weight excluding hydrogens is 268 g/mol. The lowest BCUT2D eigenvalue weighted by molar-refractivity contribution is 0.124. The van der Waals surface area contributed by atoms with E-state index < -0.39 is 0 Å². The molecule has 1 aliphatic heterocycles. The predicted octanol–water partition coefficient (Wildman–Crippen LogP) is 1.67. The van der Waals surface area contributed by atoms with Crippen LogP contribution in [0.1, 0.15) is 17.7 Å². The molecular formula is C12H21ClN4S. The molecule has 3 rings (SSSR count). The second kappa shape index (κ2) is 6.19. The van der Waals surface area contributed by atoms with Gasteiger partial charge in [0, 0.05) is 50.3 Å². The lowest BCUT2D eigenvalue weighted by Gasteiger charge is -2.34. The second-order valence-corrected chi connectivity index (χ2v) is 6.33. The Kier molecular flexibility index (Phi) is 4.84. The zero-order valence-electron chi connectivity index (χ0n) is 10.5. The van der Waals surface area contributed by atoms with Crippen LogP contribution in [0.25, 0.3) is 0 Å². The Morgan fingerprint density at radius 3 is 2.44 bits per heavy atom. The van der Waals surface area contributed by atoms with Crippen LogP contribution >= 0.6 is 23.7 Å². The van der Waals surface area contributed by atoms with Gasteiger partial charge in [0.05, 0.1) is 0 Å². The van der Waals surface area contributed by atoms with Crippen molar-refractivity contribution in [3.63, 3.8) is 0 Å². The number of aromatic nitrogens is 1. The van der Waals surface area contributed by atoms with Gasteiger partial charge in [-0.3, -0.25) is 4.90 Å². The lowest BCUT2D eigenvalue weighted by atomic mass is 10.2. The first-order valence-electron chi connectivity index (χ1n) is 6.44. The maximum atomic E-state index is 5.65. The van der Waals surface area contributed by atoms with E-state index in [4.69, 9.17) is 5.73 Å². The molecule has 0 unspecified atom stereocenters. The van der Waals surface area contributed by atoms with Gasteiger partial charge in [0.15, 0.2) is 5.13 Å². The first-order chi connectivity index (χ1) is 8.29. The van der Waals surface area contributed by atoms with Crippen molar-refractivity contribution in [3.8, 4) is 0 Å². The number of hydrogen-bond donors (Lipinski definition) is 1. The van der Waals surface area contributed by atoms with Crippen molar-refractivity contribution < 1.29 is 0 Å². The quantitative estimate of drug-likeness (QED) is 0.916. The van der Waals surface area contributed by atoms with Gasteiger partial charge in [-0.2, -0.15) is 0 Å². The fourth-order valence-corrected chi connectivity index (χ4v) is 3.14. The van der Waals surface area contributed by atoms with E-state index in [9.17, 15) is 0 Å². The smallest absolute Gasteiger partial charge is 0.180 e. The summed E-state index contributed by atoms with van der Waals surface area (Å²) in [5, 5.41) is 0.687. The molecule has 1 aromatic heterocycles. The summed E-state index contributed by atoms with van der Waals surface area (Å²) >= 11 is 1.61. The predicted molar refractivity (Wildman–Crippen MR) is 78.2 cm³/mol. The molecule has 0 aromatic carbocycles. The molecule has 0 amide bonds. The van der Waals surface area contributed by atoms with Crippen LogP contribution < -0.4 is 5.73 Å².